The summed E-state index contributed by atoms with van der Waals surface area (Å²) in [6.45, 7) is 8.84. The molecule has 0 bridgehead atoms. The smallest absolute Gasteiger partial charge is 0.0633 e. The van der Waals surface area contributed by atoms with Crippen LogP contribution in [0.1, 0.15) is 20.3 Å². The van der Waals surface area contributed by atoms with Gasteiger partial charge >= 0.3 is 0 Å². The molecule has 1 heterocycles. The summed E-state index contributed by atoms with van der Waals surface area (Å²) in [4.78, 5) is 4.82. The van der Waals surface area contributed by atoms with Crippen molar-refractivity contribution in [1.82, 2.24) is 5.43 Å². The van der Waals surface area contributed by atoms with Gasteiger partial charge in [0.25, 0.3) is 0 Å². The van der Waals surface area contributed by atoms with Crippen LogP contribution >= 0.6 is 11.8 Å². The van der Waals surface area contributed by atoms with Gasteiger partial charge in [-0.3, -0.25) is 0 Å². The Morgan fingerprint density at radius 1 is 1.41 bits per heavy atom. The summed E-state index contributed by atoms with van der Waals surface area (Å²) in [5.74, 6) is 0. The fourth-order valence-corrected chi connectivity index (χ4v) is 3.62. The molecular formula is C18H23N3S. The molecule has 0 saturated heterocycles. The van der Waals surface area contributed by atoms with Crippen LogP contribution in [0.4, 0.5) is 5.69 Å². The van der Waals surface area contributed by atoms with Crippen LogP contribution in [0.2, 0.25) is 0 Å². The maximum Gasteiger partial charge on any atom is 0.0633 e. The molecule has 1 aromatic rings. The zero-order valence-electron chi connectivity index (χ0n) is 13.5. The molecule has 1 aromatic carbocycles. The monoisotopic (exact) mass is 313 g/mol. The molecule has 3 nitrogen and oxygen atoms in total. The molecule has 0 radical (unpaired) electrons. The Morgan fingerprint density at radius 2 is 2.18 bits per heavy atom. The van der Waals surface area contributed by atoms with E-state index in [4.69, 9.17) is 0 Å². The number of para-hydroxylation sites is 1. The third-order valence-electron chi connectivity index (χ3n) is 3.48. The fraction of sp³-hybridized carbons (Fsp3) is 0.278. The Kier molecular flexibility index (Phi) is 5.90. The van der Waals surface area contributed by atoms with E-state index in [0.717, 1.165) is 18.7 Å². The largest absolute Gasteiger partial charge is 0.334 e. The van der Waals surface area contributed by atoms with Crippen molar-refractivity contribution in [3.63, 3.8) is 0 Å². The number of rotatable bonds is 5. The first-order valence-corrected chi connectivity index (χ1v) is 8.32. The van der Waals surface area contributed by atoms with E-state index in [9.17, 15) is 0 Å². The molecule has 0 amide bonds. The number of thioether (sulfide) groups is 1. The zero-order chi connectivity index (χ0) is 15.9. The van der Waals surface area contributed by atoms with Crippen molar-refractivity contribution < 1.29 is 0 Å². The number of benzene rings is 1. The van der Waals surface area contributed by atoms with E-state index >= 15 is 0 Å². The van der Waals surface area contributed by atoms with Crippen LogP contribution in [-0.4, -0.2) is 19.3 Å². The van der Waals surface area contributed by atoms with E-state index in [-0.39, 0.29) is 0 Å². The first-order chi connectivity index (χ1) is 10.7. The van der Waals surface area contributed by atoms with Crippen LogP contribution in [0.5, 0.6) is 0 Å². The van der Waals surface area contributed by atoms with Gasteiger partial charge in [0.2, 0.25) is 0 Å². The minimum atomic E-state index is 0.781. The molecule has 22 heavy (non-hydrogen) atoms. The molecule has 4 heteroatoms. The van der Waals surface area contributed by atoms with Crippen molar-refractivity contribution in [1.29, 1.82) is 0 Å². The Balaban J connectivity index is 2.49. The lowest BCUT2D eigenvalue weighted by molar-refractivity contribution is 0.875. The third-order valence-corrected chi connectivity index (χ3v) is 4.61. The van der Waals surface area contributed by atoms with Gasteiger partial charge in [0.05, 0.1) is 23.6 Å². The molecule has 2 rings (SSSR count). The lowest BCUT2D eigenvalue weighted by Crippen LogP contribution is -2.32. The van der Waals surface area contributed by atoms with Crippen molar-refractivity contribution in [2.45, 2.75) is 25.2 Å². The number of hydrogen-bond acceptors (Lipinski definition) is 4. The highest BCUT2D eigenvalue weighted by molar-refractivity contribution is 8.03. The van der Waals surface area contributed by atoms with Gasteiger partial charge in [0.1, 0.15) is 0 Å². The number of allylic oxidation sites excluding steroid dienone is 3. The van der Waals surface area contributed by atoms with E-state index in [1.54, 1.807) is 11.8 Å². The third kappa shape index (κ3) is 3.45. The normalized spacial score (nSPS) is 18.5. The van der Waals surface area contributed by atoms with E-state index in [0.29, 0.717) is 0 Å². The topological polar surface area (TPSA) is 27.6 Å². The van der Waals surface area contributed by atoms with Gasteiger partial charge in [-0.15, -0.1) is 0 Å². The Hall–Kier alpha value is -1.94. The van der Waals surface area contributed by atoms with E-state index in [2.05, 4.69) is 72.3 Å². The predicted octanol–water partition coefficient (Wildman–Crippen LogP) is 4.56. The van der Waals surface area contributed by atoms with Crippen LogP contribution in [0.15, 0.2) is 69.7 Å². The maximum absolute atomic E-state index is 4.40. The predicted molar refractivity (Wildman–Crippen MR) is 98.5 cm³/mol. The average Bonchev–Trinajstić information content (AvgIpc) is 2.54. The number of hydrazone groups is 1. The number of nitrogens with one attached hydrogen (secondary N) is 1. The van der Waals surface area contributed by atoms with Crippen LogP contribution in [0.25, 0.3) is 0 Å². The molecule has 0 spiro atoms. The summed E-state index contributed by atoms with van der Waals surface area (Å²) in [7, 11) is 1.84. The first-order valence-electron chi connectivity index (χ1n) is 7.51. The molecule has 1 N–H and O–H groups in total. The Bertz CT molecular complexity index is 629. The fourth-order valence-electron chi connectivity index (χ4n) is 2.46. The molecule has 1 aliphatic heterocycles. The minimum absolute atomic E-state index is 0.781. The lowest BCUT2D eigenvalue weighted by Gasteiger charge is -2.35. The summed E-state index contributed by atoms with van der Waals surface area (Å²) in [6.07, 6.45) is 7.00. The summed E-state index contributed by atoms with van der Waals surface area (Å²) in [5, 5.41) is 4.40. The Labute approximate surface area is 137 Å². The van der Waals surface area contributed by atoms with E-state index in [1.165, 1.54) is 21.2 Å². The standard InChI is InChI=1S/C18H23N3S/c1-5-10-17-15(7-3)21(13-14(6-2)20-19-4)16-11-8-9-12-18(16)22-17/h5,7-12,19H,1,6,13H2,2-4H3/b15-7+,17-10+,20-14+. The van der Waals surface area contributed by atoms with Gasteiger partial charge in [-0.1, -0.05) is 49.5 Å². The van der Waals surface area contributed by atoms with Gasteiger partial charge in [-0.25, -0.2) is 0 Å². The lowest BCUT2D eigenvalue weighted by atomic mass is 10.2. The van der Waals surface area contributed by atoms with Crippen LogP contribution < -0.4 is 10.3 Å². The molecule has 0 fully saturated rings. The zero-order valence-corrected chi connectivity index (χ0v) is 14.3. The highest BCUT2D eigenvalue weighted by Crippen LogP contribution is 2.45. The van der Waals surface area contributed by atoms with E-state index in [1.807, 2.05) is 13.1 Å². The summed E-state index contributed by atoms with van der Waals surface area (Å²) >= 11 is 1.79. The number of fused-ring (bicyclic) bond motifs is 1. The number of hydrogen-bond donors (Lipinski definition) is 1. The number of anilines is 1. The highest BCUT2D eigenvalue weighted by atomic mass is 32.2. The van der Waals surface area contributed by atoms with Gasteiger partial charge in [-0.2, -0.15) is 5.10 Å². The van der Waals surface area contributed by atoms with Crippen molar-refractivity contribution in [2.24, 2.45) is 5.10 Å². The quantitative estimate of drug-likeness (QED) is 0.638. The minimum Gasteiger partial charge on any atom is -0.334 e. The molecular weight excluding hydrogens is 290 g/mol. The highest BCUT2D eigenvalue weighted by Gasteiger charge is 2.25. The second-order valence-corrected chi connectivity index (χ2v) is 5.94. The van der Waals surface area contributed by atoms with Gasteiger partial charge in [-0.05, 0) is 31.6 Å². The molecule has 1 aliphatic rings. The first kappa shape index (κ1) is 16.4. The summed E-state index contributed by atoms with van der Waals surface area (Å²) in [6, 6.07) is 8.50. The number of nitrogens with zero attached hydrogens (tertiary/aromatic N) is 2. The second kappa shape index (κ2) is 7.90. The average molecular weight is 313 g/mol. The van der Waals surface area contributed by atoms with Crippen molar-refractivity contribution >= 4 is 23.2 Å². The van der Waals surface area contributed by atoms with Crippen LogP contribution in [0, 0.1) is 0 Å². The summed E-state index contributed by atoms with van der Waals surface area (Å²) < 4.78 is 0. The van der Waals surface area contributed by atoms with Crippen molar-refractivity contribution in [3.05, 3.63) is 59.7 Å². The van der Waals surface area contributed by atoms with Crippen molar-refractivity contribution in [2.75, 3.05) is 18.5 Å². The summed E-state index contributed by atoms with van der Waals surface area (Å²) in [5.41, 5.74) is 6.48. The van der Waals surface area contributed by atoms with E-state index < -0.39 is 0 Å². The maximum atomic E-state index is 4.40. The molecule has 116 valence electrons. The van der Waals surface area contributed by atoms with Crippen LogP contribution in [-0.2, 0) is 0 Å². The van der Waals surface area contributed by atoms with Gasteiger partial charge in [0, 0.05) is 16.8 Å². The molecule has 0 aromatic heterocycles. The second-order valence-electron chi connectivity index (χ2n) is 4.85. The SMILES string of the molecule is C=C/C=C1/Sc2ccccc2N(C/C(CC)=N/NC)/C1=C/C. The Morgan fingerprint density at radius 3 is 2.82 bits per heavy atom. The van der Waals surface area contributed by atoms with Gasteiger partial charge in [0.15, 0.2) is 0 Å². The molecule has 0 atom stereocenters. The molecule has 0 unspecified atom stereocenters. The van der Waals surface area contributed by atoms with Crippen LogP contribution in [0.3, 0.4) is 0 Å². The molecule has 0 saturated carbocycles. The van der Waals surface area contributed by atoms with Gasteiger partial charge < -0.3 is 10.3 Å². The van der Waals surface area contributed by atoms with Crippen molar-refractivity contribution in [3.8, 4) is 0 Å². The molecule has 0 aliphatic carbocycles.